The Balaban J connectivity index is 1.69. The predicted octanol–water partition coefficient (Wildman–Crippen LogP) is 2.05. The highest BCUT2D eigenvalue weighted by Gasteiger charge is 2.11. The van der Waals surface area contributed by atoms with Crippen LogP contribution in [0.25, 0.3) is 0 Å². The first kappa shape index (κ1) is 12.2. The van der Waals surface area contributed by atoms with Gasteiger partial charge in [0.15, 0.2) is 11.0 Å². The van der Waals surface area contributed by atoms with Crippen LogP contribution < -0.4 is 5.73 Å². The molecule has 0 aliphatic heterocycles. The molecule has 0 aliphatic rings. The molecule has 3 aromatic rings. The number of nitrogens with two attached hydrogens (primary N) is 1. The third-order valence-corrected chi connectivity index (χ3v) is 4.08. The summed E-state index contributed by atoms with van der Waals surface area (Å²) in [4.78, 5) is 12.9. The van der Waals surface area contributed by atoms with E-state index in [4.69, 9.17) is 10.3 Å². The lowest BCUT2D eigenvalue weighted by Gasteiger charge is -1.88. The maximum Gasteiger partial charge on any atom is 0.232 e. The van der Waals surface area contributed by atoms with Crippen LogP contribution in [0.3, 0.4) is 0 Å². The molecular formula is C11H11N5OS2. The Morgan fingerprint density at radius 2 is 2.05 bits per heavy atom. The lowest BCUT2D eigenvalue weighted by molar-refractivity contribution is 0.379. The van der Waals surface area contributed by atoms with Crippen molar-refractivity contribution in [3.05, 3.63) is 38.9 Å². The van der Waals surface area contributed by atoms with Gasteiger partial charge in [-0.2, -0.15) is 4.98 Å². The molecule has 0 atom stereocenters. The fraction of sp³-hybridized carbons (Fsp3) is 0.273. The molecule has 0 unspecified atom stereocenters. The van der Waals surface area contributed by atoms with Crippen LogP contribution in [0, 0.1) is 6.92 Å². The van der Waals surface area contributed by atoms with Crippen molar-refractivity contribution in [2.75, 3.05) is 5.73 Å². The second kappa shape index (κ2) is 5.06. The van der Waals surface area contributed by atoms with Gasteiger partial charge in [-0.15, -0.1) is 22.7 Å². The smallest absolute Gasteiger partial charge is 0.232 e. The highest BCUT2D eigenvalue weighted by molar-refractivity contribution is 7.13. The van der Waals surface area contributed by atoms with Gasteiger partial charge in [-0.3, -0.25) is 0 Å². The van der Waals surface area contributed by atoms with Crippen molar-refractivity contribution >= 4 is 27.8 Å². The van der Waals surface area contributed by atoms with Crippen LogP contribution in [0.2, 0.25) is 0 Å². The van der Waals surface area contributed by atoms with Crippen molar-refractivity contribution in [3.63, 3.8) is 0 Å². The molecule has 0 amide bonds. The Hall–Kier alpha value is -1.80. The largest absolute Gasteiger partial charge is 0.375 e. The normalized spacial score (nSPS) is 11.0. The minimum Gasteiger partial charge on any atom is -0.375 e. The quantitative estimate of drug-likeness (QED) is 0.791. The fourth-order valence-corrected chi connectivity index (χ4v) is 2.94. The van der Waals surface area contributed by atoms with Gasteiger partial charge in [-0.05, 0) is 6.92 Å². The third-order valence-electron chi connectivity index (χ3n) is 2.39. The molecule has 19 heavy (non-hydrogen) atoms. The van der Waals surface area contributed by atoms with E-state index in [1.807, 2.05) is 17.7 Å². The first-order valence-corrected chi connectivity index (χ1v) is 7.37. The van der Waals surface area contributed by atoms with Crippen molar-refractivity contribution in [1.29, 1.82) is 0 Å². The average Bonchev–Trinajstić information content (AvgIpc) is 3.05. The molecule has 0 saturated heterocycles. The van der Waals surface area contributed by atoms with Crippen LogP contribution in [0.5, 0.6) is 0 Å². The number of nitrogen functional groups attached to an aromatic ring is 1. The molecule has 6 nitrogen and oxygen atoms in total. The maximum absolute atomic E-state index is 5.58. The summed E-state index contributed by atoms with van der Waals surface area (Å²) in [6.07, 6.45) is 1.11. The van der Waals surface area contributed by atoms with Crippen molar-refractivity contribution in [2.24, 2.45) is 0 Å². The van der Waals surface area contributed by atoms with Crippen molar-refractivity contribution in [3.8, 4) is 0 Å². The van der Waals surface area contributed by atoms with Crippen molar-refractivity contribution in [2.45, 2.75) is 19.8 Å². The van der Waals surface area contributed by atoms with E-state index in [1.54, 1.807) is 11.3 Å². The summed E-state index contributed by atoms with van der Waals surface area (Å²) in [6, 6.07) is 0. The van der Waals surface area contributed by atoms with E-state index >= 15 is 0 Å². The van der Waals surface area contributed by atoms with E-state index in [0.29, 0.717) is 29.7 Å². The van der Waals surface area contributed by atoms with Gasteiger partial charge in [-0.25, -0.2) is 9.97 Å². The van der Waals surface area contributed by atoms with E-state index in [0.717, 1.165) is 16.4 Å². The first-order chi connectivity index (χ1) is 9.19. The molecule has 3 heterocycles. The monoisotopic (exact) mass is 293 g/mol. The number of thiazole rings is 2. The highest BCUT2D eigenvalue weighted by atomic mass is 32.1. The topological polar surface area (TPSA) is 90.7 Å². The minimum atomic E-state index is 0.512. The van der Waals surface area contributed by atoms with Crippen molar-refractivity contribution < 1.29 is 4.52 Å². The number of hydrogen-bond donors (Lipinski definition) is 1. The molecule has 0 fully saturated rings. The summed E-state index contributed by atoms with van der Waals surface area (Å²) in [5.41, 5.74) is 7.44. The molecule has 98 valence electrons. The van der Waals surface area contributed by atoms with Crippen LogP contribution in [-0.2, 0) is 12.8 Å². The van der Waals surface area contributed by atoms with E-state index in [1.165, 1.54) is 11.3 Å². The van der Waals surface area contributed by atoms with Gasteiger partial charge < -0.3 is 10.3 Å². The molecule has 0 bridgehead atoms. The van der Waals surface area contributed by atoms with Gasteiger partial charge in [0.1, 0.15) is 5.01 Å². The summed E-state index contributed by atoms with van der Waals surface area (Å²) >= 11 is 3.01. The minimum absolute atomic E-state index is 0.512. The van der Waals surface area contributed by atoms with Crippen LogP contribution in [-0.4, -0.2) is 20.1 Å². The van der Waals surface area contributed by atoms with Crippen LogP contribution in [0.1, 0.15) is 28.1 Å². The number of anilines is 1. The Morgan fingerprint density at radius 1 is 1.16 bits per heavy atom. The fourth-order valence-electron chi connectivity index (χ4n) is 1.61. The summed E-state index contributed by atoms with van der Waals surface area (Å²) in [6.45, 7) is 1.97. The van der Waals surface area contributed by atoms with Gasteiger partial charge in [0.2, 0.25) is 5.89 Å². The van der Waals surface area contributed by atoms with E-state index in [9.17, 15) is 0 Å². The Bertz CT molecular complexity index is 630. The molecule has 0 aromatic carbocycles. The van der Waals surface area contributed by atoms with Crippen LogP contribution in [0.4, 0.5) is 5.13 Å². The Morgan fingerprint density at radius 3 is 2.74 bits per heavy atom. The van der Waals surface area contributed by atoms with Gasteiger partial charge in [0.05, 0.1) is 18.5 Å². The standard InChI is InChI=1S/C11H11N5OS2/c1-6-4-18-10(13-6)3-8-15-9(17-16-8)2-7-5-19-11(12)14-7/h4-5H,2-3H2,1H3,(H2,12,14). The first-order valence-electron chi connectivity index (χ1n) is 5.61. The number of aromatic nitrogens is 4. The molecule has 2 N–H and O–H groups in total. The zero-order valence-corrected chi connectivity index (χ0v) is 11.8. The molecule has 8 heteroatoms. The van der Waals surface area contributed by atoms with Gasteiger partial charge in [0, 0.05) is 16.5 Å². The highest BCUT2D eigenvalue weighted by Crippen LogP contribution is 2.16. The van der Waals surface area contributed by atoms with Gasteiger partial charge in [-0.1, -0.05) is 5.16 Å². The van der Waals surface area contributed by atoms with Crippen LogP contribution in [0.15, 0.2) is 15.3 Å². The number of rotatable bonds is 4. The number of aryl methyl sites for hydroxylation is 1. The summed E-state index contributed by atoms with van der Waals surface area (Å²) in [7, 11) is 0. The average molecular weight is 293 g/mol. The van der Waals surface area contributed by atoms with E-state index < -0.39 is 0 Å². The zero-order chi connectivity index (χ0) is 13.2. The van der Waals surface area contributed by atoms with Crippen LogP contribution >= 0.6 is 22.7 Å². The number of nitrogens with zero attached hydrogens (tertiary/aromatic N) is 4. The van der Waals surface area contributed by atoms with E-state index in [-0.39, 0.29) is 0 Å². The molecule has 0 saturated carbocycles. The molecule has 0 radical (unpaired) electrons. The number of hydrogen-bond acceptors (Lipinski definition) is 8. The lowest BCUT2D eigenvalue weighted by atomic mass is 10.3. The SMILES string of the molecule is Cc1csc(Cc2noc(Cc3csc(N)n3)n2)n1. The summed E-state index contributed by atoms with van der Waals surface area (Å²) < 4.78 is 5.20. The lowest BCUT2D eigenvalue weighted by Crippen LogP contribution is -1.93. The predicted molar refractivity (Wildman–Crippen MR) is 73.3 cm³/mol. The maximum atomic E-state index is 5.58. The summed E-state index contributed by atoms with van der Waals surface area (Å²) in [5, 5.41) is 9.39. The van der Waals surface area contributed by atoms with Crippen molar-refractivity contribution in [1.82, 2.24) is 20.1 Å². The molecule has 3 rings (SSSR count). The molecule has 0 spiro atoms. The van der Waals surface area contributed by atoms with Gasteiger partial charge >= 0.3 is 0 Å². The van der Waals surface area contributed by atoms with E-state index in [2.05, 4.69) is 20.1 Å². The molecule has 3 aromatic heterocycles. The van der Waals surface area contributed by atoms with Gasteiger partial charge in [0.25, 0.3) is 0 Å². The Kier molecular flexibility index (Phi) is 3.26. The zero-order valence-electron chi connectivity index (χ0n) is 10.2. The second-order valence-corrected chi connectivity index (χ2v) is 5.85. The molecular weight excluding hydrogens is 282 g/mol. The third kappa shape index (κ3) is 2.96. The Labute approximate surface area is 117 Å². The molecule has 0 aliphatic carbocycles. The summed E-state index contributed by atoms with van der Waals surface area (Å²) in [5.74, 6) is 1.20. The second-order valence-electron chi connectivity index (χ2n) is 4.02.